The summed E-state index contributed by atoms with van der Waals surface area (Å²) in [7, 11) is -2.29. The van der Waals surface area contributed by atoms with Crippen LogP contribution < -0.4 is 22.1 Å². The lowest BCUT2D eigenvalue weighted by molar-refractivity contribution is 0.104. The first-order valence-corrected chi connectivity index (χ1v) is 7.48. The van der Waals surface area contributed by atoms with Gasteiger partial charge in [-0.25, -0.2) is 0 Å². The molecule has 100 valence electrons. The molecule has 0 aromatic heterocycles. The Morgan fingerprint density at radius 1 is 1.05 bits per heavy atom. The fourth-order valence-electron chi connectivity index (χ4n) is 2.51. The van der Waals surface area contributed by atoms with Gasteiger partial charge in [-0.05, 0) is 35.9 Å². The van der Waals surface area contributed by atoms with E-state index in [0.29, 0.717) is 38.7 Å². The average Bonchev–Trinajstić information content (AvgIpc) is 2.43. The van der Waals surface area contributed by atoms with Gasteiger partial charge in [0.25, 0.3) is 0 Å². The van der Waals surface area contributed by atoms with Crippen LogP contribution in [0.4, 0.5) is 11.4 Å². The SMILES string of the molecule is C=Cc1cc(N)cc2c1C(=O)c1ccc(N)cc1[PH]2=O. The first kappa shape index (κ1) is 12.7. The van der Waals surface area contributed by atoms with E-state index in [-0.39, 0.29) is 5.78 Å². The predicted octanol–water partition coefficient (Wildman–Crippen LogP) is 1.55. The minimum absolute atomic E-state index is 0.158. The highest BCUT2D eigenvalue weighted by Gasteiger charge is 2.30. The molecular weight excluding hydrogens is 271 g/mol. The van der Waals surface area contributed by atoms with Crippen LogP contribution in [-0.2, 0) is 4.57 Å². The summed E-state index contributed by atoms with van der Waals surface area (Å²) in [6.07, 6.45) is 1.56. The van der Waals surface area contributed by atoms with Crippen LogP contribution in [0, 0.1) is 0 Å². The van der Waals surface area contributed by atoms with Crippen molar-refractivity contribution in [3.05, 3.63) is 53.6 Å². The summed E-state index contributed by atoms with van der Waals surface area (Å²) in [6.45, 7) is 3.69. The third-order valence-electron chi connectivity index (χ3n) is 3.42. The van der Waals surface area contributed by atoms with Gasteiger partial charge in [-0.15, -0.1) is 0 Å². The van der Waals surface area contributed by atoms with Crippen molar-refractivity contribution < 1.29 is 9.36 Å². The Morgan fingerprint density at radius 3 is 2.45 bits per heavy atom. The van der Waals surface area contributed by atoms with Crippen LogP contribution in [0.2, 0.25) is 0 Å². The lowest BCUT2D eigenvalue weighted by Crippen LogP contribution is -2.29. The fraction of sp³-hybridized carbons (Fsp3) is 0. The van der Waals surface area contributed by atoms with Crippen LogP contribution >= 0.6 is 7.80 Å². The highest BCUT2D eigenvalue weighted by molar-refractivity contribution is 7.62. The minimum atomic E-state index is -2.29. The van der Waals surface area contributed by atoms with E-state index in [1.54, 1.807) is 36.4 Å². The van der Waals surface area contributed by atoms with Crippen LogP contribution in [0.15, 0.2) is 36.9 Å². The molecule has 0 saturated carbocycles. The second kappa shape index (κ2) is 4.36. The van der Waals surface area contributed by atoms with Gasteiger partial charge in [0.2, 0.25) is 0 Å². The molecule has 1 heterocycles. The Hall–Kier alpha value is -2.32. The number of rotatable bonds is 1. The zero-order valence-corrected chi connectivity index (χ0v) is 11.6. The Bertz CT molecular complexity index is 797. The van der Waals surface area contributed by atoms with Gasteiger partial charge in [-0.1, -0.05) is 12.7 Å². The molecule has 0 amide bonds. The van der Waals surface area contributed by atoms with Crippen molar-refractivity contribution in [2.45, 2.75) is 0 Å². The first-order valence-electron chi connectivity index (χ1n) is 6.08. The number of nitrogen functional groups attached to an aromatic ring is 2. The number of hydrogen-bond acceptors (Lipinski definition) is 4. The Kier molecular flexibility index (Phi) is 2.77. The number of nitrogens with two attached hydrogens (primary N) is 2. The van der Waals surface area contributed by atoms with Gasteiger partial charge in [0.05, 0.1) is 0 Å². The summed E-state index contributed by atoms with van der Waals surface area (Å²) in [6, 6.07) is 8.15. The van der Waals surface area contributed by atoms with Crippen molar-refractivity contribution in [3.8, 4) is 0 Å². The van der Waals surface area contributed by atoms with Crippen LogP contribution in [0.25, 0.3) is 6.08 Å². The van der Waals surface area contributed by atoms with Crippen molar-refractivity contribution >= 4 is 41.6 Å². The van der Waals surface area contributed by atoms with E-state index in [4.69, 9.17) is 11.5 Å². The molecule has 2 aromatic rings. The van der Waals surface area contributed by atoms with E-state index in [2.05, 4.69) is 6.58 Å². The molecule has 1 unspecified atom stereocenters. The lowest BCUT2D eigenvalue weighted by Gasteiger charge is -2.21. The Balaban J connectivity index is 2.37. The fourth-order valence-corrected chi connectivity index (χ4v) is 4.32. The smallest absolute Gasteiger partial charge is 0.195 e. The molecule has 4 N–H and O–H groups in total. The number of ketones is 1. The number of carbonyl (C=O) groups excluding carboxylic acids is 1. The summed E-state index contributed by atoms with van der Waals surface area (Å²) in [5.74, 6) is -0.158. The van der Waals surface area contributed by atoms with Crippen molar-refractivity contribution in [1.82, 2.24) is 0 Å². The van der Waals surface area contributed by atoms with Crippen molar-refractivity contribution in [1.29, 1.82) is 0 Å². The average molecular weight is 284 g/mol. The second-order valence-corrected chi connectivity index (χ2v) is 6.44. The molecule has 2 aromatic carbocycles. The normalized spacial score (nSPS) is 16.4. The van der Waals surface area contributed by atoms with Crippen molar-refractivity contribution in [2.75, 3.05) is 11.5 Å². The maximum atomic E-state index is 12.7. The molecule has 1 atom stereocenters. The Morgan fingerprint density at radius 2 is 1.75 bits per heavy atom. The number of anilines is 2. The summed E-state index contributed by atoms with van der Waals surface area (Å²) in [5, 5.41) is 1.00. The van der Waals surface area contributed by atoms with Crippen molar-refractivity contribution in [3.63, 3.8) is 0 Å². The van der Waals surface area contributed by atoms with Gasteiger partial charge in [-0.2, -0.15) is 0 Å². The van der Waals surface area contributed by atoms with E-state index >= 15 is 0 Å². The molecule has 1 aliphatic heterocycles. The van der Waals surface area contributed by atoms with Crippen LogP contribution in [-0.4, -0.2) is 5.78 Å². The second-order valence-electron chi connectivity index (χ2n) is 4.70. The molecular formula is C15H13N2O2P. The van der Waals surface area contributed by atoms with Crippen molar-refractivity contribution in [2.24, 2.45) is 0 Å². The van der Waals surface area contributed by atoms with Crippen LogP contribution in [0.1, 0.15) is 21.5 Å². The van der Waals surface area contributed by atoms with Gasteiger partial charge in [-0.3, -0.25) is 4.79 Å². The molecule has 0 saturated heterocycles. The highest BCUT2D eigenvalue weighted by atomic mass is 31.1. The molecule has 0 fully saturated rings. The van der Waals surface area contributed by atoms with Gasteiger partial charge in [0.15, 0.2) is 5.78 Å². The largest absolute Gasteiger partial charge is 0.399 e. The molecule has 1 aliphatic rings. The van der Waals surface area contributed by atoms with E-state index in [1.807, 2.05) is 0 Å². The van der Waals surface area contributed by atoms with Gasteiger partial charge >= 0.3 is 0 Å². The zero-order valence-electron chi connectivity index (χ0n) is 10.6. The van der Waals surface area contributed by atoms with Gasteiger partial charge in [0.1, 0.15) is 7.80 Å². The molecule has 4 nitrogen and oxygen atoms in total. The Labute approximate surface area is 116 Å². The van der Waals surface area contributed by atoms with Crippen LogP contribution in [0.5, 0.6) is 0 Å². The maximum Gasteiger partial charge on any atom is 0.195 e. The van der Waals surface area contributed by atoms with Crippen LogP contribution in [0.3, 0.4) is 0 Å². The zero-order chi connectivity index (χ0) is 14.4. The van der Waals surface area contributed by atoms with E-state index in [9.17, 15) is 9.36 Å². The third-order valence-corrected chi connectivity index (χ3v) is 5.20. The predicted molar refractivity (Wildman–Crippen MR) is 83.5 cm³/mol. The molecule has 3 rings (SSSR count). The van der Waals surface area contributed by atoms with Gasteiger partial charge < -0.3 is 16.0 Å². The molecule has 5 heteroatoms. The molecule has 0 aliphatic carbocycles. The van der Waals surface area contributed by atoms with E-state index < -0.39 is 7.80 Å². The third kappa shape index (κ3) is 1.69. The maximum absolute atomic E-state index is 12.7. The summed E-state index contributed by atoms with van der Waals surface area (Å²) < 4.78 is 12.7. The quantitative estimate of drug-likeness (QED) is 0.524. The summed E-state index contributed by atoms with van der Waals surface area (Å²) in [5.41, 5.74) is 14.0. The minimum Gasteiger partial charge on any atom is -0.399 e. The number of hydrogen-bond donors (Lipinski definition) is 2. The molecule has 0 radical (unpaired) electrons. The van der Waals surface area contributed by atoms with Gasteiger partial charge in [0, 0.05) is 33.1 Å². The summed E-state index contributed by atoms with van der Waals surface area (Å²) in [4.78, 5) is 12.6. The highest BCUT2D eigenvalue weighted by Crippen LogP contribution is 2.34. The number of benzene rings is 2. The molecule has 0 bridgehead atoms. The molecule has 0 spiro atoms. The lowest BCUT2D eigenvalue weighted by atomic mass is 9.97. The standard InChI is InChI=1S/C15H13N2O2P/c1-2-8-5-10(17)7-13-14(8)15(18)11-4-3-9(16)6-12(11)20(13)19/h2-7,20H,1,16-17H2. The van der Waals surface area contributed by atoms with E-state index in [1.165, 1.54) is 0 Å². The first-order chi connectivity index (χ1) is 9.52. The molecule has 20 heavy (non-hydrogen) atoms. The number of carbonyl (C=O) groups is 1. The van der Waals surface area contributed by atoms with E-state index in [0.717, 1.165) is 0 Å². The number of fused-ring (bicyclic) bond motifs is 2. The summed E-state index contributed by atoms with van der Waals surface area (Å²) >= 11 is 0. The monoisotopic (exact) mass is 284 g/mol. The topological polar surface area (TPSA) is 86.2 Å².